The summed E-state index contributed by atoms with van der Waals surface area (Å²) >= 11 is 0. The predicted molar refractivity (Wildman–Crippen MR) is 124 cm³/mol. The minimum absolute atomic E-state index is 0.0308. The quantitative estimate of drug-likeness (QED) is 0.682. The smallest absolute Gasteiger partial charge is 0.256 e. The van der Waals surface area contributed by atoms with E-state index in [1.54, 1.807) is 4.90 Å². The Balaban J connectivity index is 1.34. The van der Waals surface area contributed by atoms with Gasteiger partial charge in [0, 0.05) is 17.9 Å². The van der Waals surface area contributed by atoms with Crippen molar-refractivity contribution in [2.75, 3.05) is 36.5 Å². The molecule has 0 bridgehead atoms. The fraction of sp³-hybridized carbons (Fsp3) is 0.231. The van der Waals surface area contributed by atoms with Gasteiger partial charge < -0.3 is 19.9 Å². The lowest BCUT2D eigenvalue weighted by Crippen LogP contribution is -2.56. The Hall–Kier alpha value is -3.64. The largest absolute Gasteiger partial charge is 0.361 e. The van der Waals surface area contributed by atoms with E-state index < -0.39 is 5.60 Å². The molecule has 2 heterocycles. The molecule has 32 heavy (non-hydrogen) atoms. The molecule has 0 saturated carbocycles. The van der Waals surface area contributed by atoms with E-state index in [2.05, 4.69) is 5.32 Å². The third-order valence-corrected chi connectivity index (χ3v) is 6.13. The average molecular weight is 428 g/mol. The number of hydrogen-bond acceptors (Lipinski definition) is 4. The van der Waals surface area contributed by atoms with Gasteiger partial charge in [-0.2, -0.15) is 0 Å². The van der Waals surface area contributed by atoms with Crippen molar-refractivity contribution >= 4 is 28.9 Å². The molecule has 2 fully saturated rings. The highest BCUT2D eigenvalue weighted by Gasteiger charge is 2.46. The lowest BCUT2D eigenvalue weighted by Gasteiger charge is -2.40. The number of anilines is 3. The maximum absolute atomic E-state index is 13.4. The second-order valence-corrected chi connectivity index (χ2v) is 8.30. The molecule has 0 aromatic heterocycles. The second-order valence-electron chi connectivity index (χ2n) is 8.30. The van der Waals surface area contributed by atoms with Crippen LogP contribution in [0.3, 0.4) is 0 Å². The van der Waals surface area contributed by atoms with Gasteiger partial charge in [0.25, 0.3) is 11.8 Å². The highest BCUT2D eigenvalue weighted by molar-refractivity contribution is 6.00. The van der Waals surface area contributed by atoms with Crippen LogP contribution in [0.1, 0.15) is 16.8 Å². The third kappa shape index (κ3) is 3.97. The number of carbonyl (C=O) groups is 2. The molecule has 2 aliphatic heterocycles. The van der Waals surface area contributed by atoms with Crippen LogP contribution in [-0.2, 0) is 9.53 Å². The van der Waals surface area contributed by atoms with E-state index in [4.69, 9.17) is 4.74 Å². The highest BCUT2D eigenvalue weighted by Crippen LogP contribution is 2.33. The molecule has 6 nitrogen and oxygen atoms in total. The number of hydrogen-bond donors (Lipinski definition) is 1. The number of nitrogens with zero attached hydrogens (tertiary/aromatic N) is 2. The minimum Gasteiger partial charge on any atom is -0.361 e. The molecule has 2 aliphatic rings. The highest BCUT2D eigenvalue weighted by atomic mass is 16.5. The number of ether oxygens (including phenoxy) is 1. The lowest BCUT2D eigenvalue weighted by atomic mass is 10.00. The van der Waals surface area contributed by atoms with Crippen molar-refractivity contribution in [3.63, 3.8) is 0 Å². The first kappa shape index (κ1) is 20.3. The Labute approximate surface area is 187 Å². The van der Waals surface area contributed by atoms with Crippen LogP contribution in [-0.4, -0.2) is 48.6 Å². The van der Waals surface area contributed by atoms with E-state index in [0.717, 1.165) is 17.1 Å². The van der Waals surface area contributed by atoms with E-state index in [1.807, 2.05) is 89.8 Å². The summed E-state index contributed by atoms with van der Waals surface area (Å²) in [5, 5.41) is 3.35. The van der Waals surface area contributed by atoms with Crippen LogP contribution in [0.2, 0.25) is 0 Å². The van der Waals surface area contributed by atoms with Crippen molar-refractivity contribution in [3.8, 4) is 0 Å². The van der Waals surface area contributed by atoms with Crippen LogP contribution < -0.4 is 10.2 Å². The first-order valence-corrected chi connectivity index (χ1v) is 10.8. The van der Waals surface area contributed by atoms with Crippen molar-refractivity contribution in [2.45, 2.75) is 12.0 Å². The van der Waals surface area contributed by atoms with Gasteiger partial charge in [0.1, 0.15) is 12.2 Å². The maximum Gasteiger partial charge on any atom is 0.256 e. The van der Waals surface area contributed by atoms with Crippen molar-refractivity contribution < 1.29 is 14.3 Å². The van der Waals surface area contributed by atoms with Crippen LogP contribution in [0.25, 0.3) is 0 Å². The number of nitrogens with one attached hydrogen (secondary N) is 1. The summed E-state index contributed by atoms with van der Waals surface area (Å²) < 4.78 is 6.03. The zero-order valence-electron chi connectivity index (χ0n) is 17.7. The SMILES string of the molecule is O=C(c1ccccc1Nc1ccccc1)N1CCC2(C1)CN(c1ccccc1)C(=O)CO2. The Morgan fingerprint density at radius 2 is 1.56 bits per heavy atom. The topological polar surface area (TPSA) is 61.9 Å². The molecule has 0 aliphatic carbocycles. The summed E-state index contributed by atoms with van der Waals surface area (Å²) in [5.41, 5.74) is 2.65. The number of para-hydroxylation sites is 3. The summed E-state index contributed by atoms with van der Waals surface area (Å²) in [6, 6.07) is 27.0. The van der Waals surface area contributed by atoms with E-state index in [9.17, 15) is 9.59 Å². The monoisotopic (exact) mass is 427 g/mol. The maximum atomic E-state index is 13.4. The number of morpholine rings is 1. The molecule has 1 spiro atoms. The zero-order chi connectivity index (χ0) is 22.0. The number of rotatable bonds is 4. The summed E-state index contributed by atoms with van der Waals surface area (Å²) in [6.07, 6.45) is 0.698. The van der Waals surface area contributed by atoms with Gasteiger partial charge in [-0.05, 0) is 42.8 Å². The molecule has 2 amide bonds. The van der Waals surface area contributed by atoms with Crippen LogP contribution in [0.15, 0.2) is 84.9 Å². The molecular weight excluding hydrogens is 402 g/mol. The predicted octanol–water partition coefficient (Wildman–Crippen LogP) is 4.08. The summed E-state index contributed by atoms with van der Waals surface area (Å²) in [4.78, 5) is 29.6. The Bertz CT molecular complexity index is 1120. The van der Waals surface area contributed by atoms with Crippen LogP contribution >= 0.6 is 0 Å². The number of carbonyl (C=O) groups excluding carboxylic acids is 2. The molecule has 5 rings (SSSR count). The zero-order valence-corrected chi connectivity index (χ0v) is 17.7. The first-order chi connectivity index (χ1) is 15.6. The summed E-state index contributed by atoms with van der Waals surface area (Å²) in [6.45, 7) is 1.53. The van der Waals surface area contributed by atoms with E-state index in [0.29, 0.717) is 31.6 Å². The molecule has 1 N–H and O–H groups in total. The molecule has 6 heteroatoms. The third-order valence-electron chi connectivity index (χ3n) is 6.13. The molecule has 162 valence electrons. The van der Waals surface area contributed by atoms with Gasteiger partial charge in [-0.3, -0.25) is 9.59 Å². The summed E-state index contributed by atoms with van der Waals surface area (Å²) in [7, 11) is 0. The van der Waals surface area contributed by atoms with Gasteiger partial charge in [0.05, 0.1) is 24.3 Å². The molecule has 1 unspecified atom stereocenters. The van der Waals surface area contributed by atoms with Gasteiger partial charge in [-0.25, -0.2) is 0 Å². The van der Waals surface area contributed by atoms with Gasteiger partial charge in [-0.1, -0.05) is 48.5 Å². The Kier molecular flexibility index (Phi) is 5.37. The molecule has 3 aromatic carbocycles. The fourth-order valence-electron chi connectivity index (χ4n) is 4.45. The van der Waals surface area contributed by atoms with E-state index in [-0.39, 0.29) is 18.4 Å². The van der Waals surface area contributed by atoms with Crippen molar-refractivity contribution in [1.82, 2.24) is 4.90 Å². The number of likely N-dealkylation sites (tertiary alicyclic amines) is 1. The van der Waals surface area contributed by atoms with Crippen LogP contribution in [0, 0.1) is 0 Å². The van der Waals surface area contributed by atoms with Gasteiger partial charge in [0.15, 0.2) is 0 Å². The molecule has 1 atom stereocenters. The van der Waals surface area contributed by atoms with E-state index >= 15 is 0 Å². The summed E-state index contributed by atoms with van der Waals surface area (Å²) in [5.74, 6) is -0.0864. The molecular formula is C26H25N3O3. The number of amides is 2. The molecule has 3 aromatic rings. The second kappa shape index (κ2) is 8.48. The van der Waals surface area contributed by atoms with Crippen molar-refractivity contribution in [3.05, 3.63) is 90.5 Å². The Morgan fingerprint density at radius 3 is 2.34 bits per heavy atom. The van der Waals surface area contributed by atoms with E-state index in [1.165, 1.54) is 0 Å². The van der Waals surface area contributed by atoms with Crippen LogP contribution in [0.5, 0.6) is 0 Å². The van der Waals surface area contributed by atoms with Crippen LogP contribution in [0.4, 0.5) is 17.1 Å². The van der Waals surface area contributed by atoms with Gasteiger partial charge in [-0.15, -0.1) is 0 Å². The lowest BCUT2D eigenvalue weighted by molar-refractivity contribution is -0.137. The average Bonchev–Trinajstić information content (AvgIpc) is 3.25. The molecule has 0 radical (unpaired) electrons. The fourth-order valence-corrected chi connectivity index (χ4v) is 4.45. The van der Waals surface area contributed by atoms with Crippen molar-refractivity contribution in [2.24, 2.45) is 0 Å². The first-order valence-electron chi connectivity index (χ1n) is 10.8. The normalized spacial score (nSPS) is 20.6. The van der Waals surface area contributed by atoms with Gasteiger partial charge >= 0.3 is 0 Å². The molecule has 2 saturated heterocycles. The Morgan fingerprint density at radius 1 is 0.875 bits per heavy atom. The number of benzene rings is 3. The van der Waals surface area contributed by atoms with Gasteiger partial charge in [0.2, 0.25) is 0 Å². The minimum atomic E-state index is -0.540. The standard InChI is InChI=1S/C26H25N3O3/c30-24-17-32-26(19-29(24)21-11-5-2-6-12-21)15-16-28(18-26)25(31)22-13-7-8-14-23(22)27-20-9-3-1-4-10-20/h1-14,27H,15-19H2. The van der Waals surface area contributed by atoms with Crippen molar-refractivity contribution in [1.29, 1.82) is 0 Å².